The first-order valence-corrected chi connectivity index (χ1v) is 6.63. The fourth-order valence-electron chi connectivity index (χ4n) is 2.06. The van der Waals surface area contributed by atoms with Crippen LogP contribution in [0.2, 0.25) is 5.15 Å². The minimum atomic E-state index is 0.371. The molecule has 0 unspecified atom stereocenters. The topological polar surface area (TPSA) is 52.3 Å². The molecule has 0 N–H and O–H groups in total. The van der Waals surface area contributed by atoms with Crippen molar-refractivity contribution in [2.75, 3.05) is 7.11 Å². The molecule has 0 amide bonds. The van der Waals surface area contributed by atoms with Gasteiger partial charge in [-0.05, 0) is 24.1 Å². The number of fused-ring (bicyclic) bond motifs is 1. The third-order valence-electron chi connectivity index (χ3n) is 3.15. The molecule has 0 atom stereocenters. The summed E-state index contributed by atoms with van der Waals surface area (Å²) in [6.07, 6.45) is 5.14. The number of rotatable bonds is 4. The summed E-state index contributed by atoms with van der Waals surface area (Å²) in [7, 11) is 1.66. The average molecular weight is 289 g/mol. The summed E-state index contributed by atoms with van der Waals surface area (Å²) in [5.41, 5.74) is 1.82. The molecule has 0 radical (unpaired) electrons. The monoisotopic (exact) mass is 288 g/mol. The van der Waals surface area contributed by atoms with Crippen LogP contribution in [0.4, 0.5) is 0 Å². The fourth-order valence-corrected chi connectivity index (χ4v) is 2.25. The van der Waals surface area contributed by atoms with Gasteiger partial charge in [-0.1, -0.05) is 23.7 Å². The predicted octanol–water partition coefficient (Wildman–Crippen LogP) is 2.57. The zero-order valence-electron chi connectivity index (χ0n) is 11.0. The van der Waals surface area contributed by atoms with Crippen LogP contribution in [0.15, 0.2) is 36.7 Å². The Kier molecular flexibility index (Phi) is 3.52. The first kappa shape index (κ1) is 12.9. The van der Waals surface area contributed by atoms with Crippen molar-refractivity contribution in [3.8, 4) is 5.75 Å². The molecule has 0 spiro atoms. The molecule has 1 aromatic carbocycles. The molecule has 3 aromatic rings. The van der Waals surface area contributed by atoms with Crippen LogP contribution in [0.1, 0.15) is 11.4 Å². The van der Waals surface area contributed by atoms with E-state index < -0.39 is 0 Å². The summed E-state index contributed by atoms with van der Waals surface area (Å²) in [4.78, 5) is 3.99. The lowest BCUT2D eigenvalue weighted by atomic mass is 10.1. The molecule has 6 heteroatoms. The van der Waals surface area contributed by atoms with E-state index in [1.165, 1.54) is 5.56 Å². The molecule has 2 aromatic heterocycles. The zero-order chi connectivity index (χ0) is 13.9. The number of methoxy groups -OCH3 is 1. The van der Waals surface area contributed by atoms with Gasteiger partial charge in [0, 0.05) is 18.8 Å². The van der Waals surface area contributed by atoms with Gasteiger partial charge in [0.2, 0.25) is 0 Å². The Hall–Kier alpha value is -2.14. The molecule has 102 valence electrons. The molecule has 0 fully saturated rings. The number of nitrogens with zero attached hydrogens (tertiary/aromatic N) is 4. The van der Waals surface area contributed by atoms with E-state index in [4.69, 9.17) is 16.3 Å². The van der Waals surface area contributed by atoms with Gasteiger partial charge in [0.15, 0.2) is 10.8 Å². The van der Waals surface area contributed by atoms with E-state index >= 15 is 0 Å². The van der Waals surface area contributed by atoms with Crippen LogP contribution in [0, 0.1) is 0 Å². The molecular formula is C14H13ClN4O. The van der Waals surface area contributed by atoms with Gasteiger partial charge in [-0.15, -0.1) is 10.2 Å². The Labute approximate surface area is 121 Å². The Balaban J connectivity index is 1.78. The summed E-state index contributed by atoms with van der Waals surface area (Å²) < 4.78 is 7.02. The standard InChI is InChI=1S/C14H13ClN4O/c1-20-11-5-2-10(3-6-11)4-7-12-17-18-14-13(15)16-8-9-19(12)14/h2-3,5-6,8-9H,4,7H2,1H3. The summed E-state index contributed by atoms with van der Waals surface area (Å²) in [6, 6.07) is 8.02. The first-order valence-electron chi connectivity index (χ1n) is 6.25. The second-order valence-corrected chi connectivity index (χ2v) is 4.73. The molecule has 0 aliphatic rings. The third-order valence-corrected chi connectivity index (χ3v) is 3.42. The molecule has 0 bridgehead atoms. The number of halogens is 1. The lowest BCUT2D eigenvalue weighted by Crippen LogP contribution is -1.98. The van der Waals surface area contributed by atoms with Crippen LogP contribution in [-0.2, 0) is 12.8 Å². The quantitative estimate of drug-likeness (QED) is 0.740. The summed E-state index contributed by atoms with van der Waals surface area (Å²) in [5, 5.41) is 8.60. The molecule has 0 aliphatic carbocycles. The van der Waals surface area contributed by atoms with Crippen molar-refractivity contribution in [2.24, 2.45) is 0 Å². The second kappa shape index (κ2) is 5.46. The zero-order valence-corrected chi connectivity index (χ0v) is 11.7. The molecule has 20 heavy (non-hydrogen) atoms. The highest BCUT2D eigenvalue weighted by Crippen LogP contribution is 2.15. The van der Waals surface area contributed by atoms with Crippen LogP contribution >= 0.6 is 11.6 Å². The van der Waals surface area contributed by atoms with Crippen molar-refractivity contribution in [3.05, 3.63) is 53.2 Å². The van der Waals surface area contributed by atoms with Crippen molar-refractivity contribution in [2.45, 2.75) is 12.8 Å². The van der Waals surface area contributed by atoms with Gasteiger partial charge < -0.3 is 4.74 Å². The van der Waals surface area contributed by atoms with Gasteiger partial charge in [-0.3, -0.25) is 4.40 Å². The normalized spacial score (nSPS) is 10.9. The van der Waals surface area contributed by atoms with E-state index in [1.807, 2.05) is 22.7 Å². The number of hydrogen-bond acceptors (Lipinski definition) is 4. The Morgan fingerprint density at radius 3 is 2.70 bits per heavy atom. The smallest absolute Gasteiger partial charge is 0.198 e. The minimum Gasteiger partial charge on any atom is -0.497 e. The minimum absolute atomic E-state index is 0.371. The van der Waals surface area contributed by atoms with Crippen LogP contribution in [-0.4, -0.2) is 26.7 Å². The molecule has 0 saturated carbocycles. The molecule has 0 aliphatic heterocycles. The maximum absolute atomic E-state index is 5.97. The largest absolute Gasteiger partial charge is 0.497 e. The molecule has 3 rings (SSSR count). The lowest BCUT2D eigenvalue weighted by Gasteiger charge is -2.03. The van der Waals surface area contributed by atoms with Crippen molar-refractivity contribution in [1.82, 2.24) is 19.6 Å². The Morgan fingerprint density at radius 2 is 1.95 bits per heavy atom. The lowest BCUT2D eigenvalue weighted by molar-refractivity contribution is 0.414. The van der Waals surface area contributed by atoms with Gasteiger partial charge in [-0.25, -0.2) is 4.98 Å². The van der Waals surface area contributed by atoms with E-state index in [0.717, 1.165) is 24.4 Å². The predicted molar refractivity (Wildman–Crippen MR) is 76.2 cm³/mol. The highest BCUT2D eigenvalue weighted by molar-refractivity contribution is 6.32. The maximum atomic E-state index is 5.97. The van der Waals surface area contributed by atoms with Gasteiger partial charge in [0.25, 0.3) is 0 Å². The van der Waals surface area contributed by atoms with Gasteiger partial charge in [0.1, 0.15) is 11.6 Å². The van der Waals surface area contributed by atoms with Crippen LogP contribution < -0.4 is 4.74 Å². The van der Waals surface area contributed by atoms with Gasteiger partial charge >= 0.3 is 0 Å². The van der Waals surface area contributed by atoms with E-state index in [2.05, 4.69) is 27.3 Å². The van der Waals surface area contributed by atoms with E-state index in [0.29, 0.717) is 10.8 Å². The first-order chi connectivity index (χ1) is 9.78. The summed E-state index contributed by atoms with van der Waals surface area (Å²) in [6.45, 7) is 0. The van der Waals surface area contributed by atoms with Crippen molar-refractivity contribution in [3.63, 3.8) is 0 Å². The van der Waals surface area contributed by atoms with Crippen molar-refractivity contribution >= 4 is 17.2 Å². The number of benzene rings is 1. The molecule has 5 nitrogen and oxygen atoms in total. The highest BCUT2D eigenvalue weighted by atomic mass is 35.5. The highest BCUT2D eigenvalue weighted by Gasteiger charge is 2.08. The van der Waals surface area contributed by atoms with Gasteiger partial charge in [0.05, 0.1) is 7.11 Å². The van der Waals surface area contributed by atoms with Crippen molar-refractivity contribution in [1.29, 1.82) is 0 Å². The molecule has 2 heterocycles. The average Bonchev–Trinajstić information content (AvgIpc) is 2.90. The SMILES string of the molecule is COc1ccc(CCc2nnc3c(Cl)nccn23)cc1. The van der Waals surface area contributed by atoms with E-state index in [1.54, 1.807) is 13.3 Å². The fraction of sp³-hybridized carbons (Fsp3) is 0.214. The van der Waals surface area contributed by atoms with E-state index in [9.17, 15) is 0 Å². The maximum Gasteiger partial charge on any atom is 0.198 e. The summed E-state index contributed by atoms with van der Waals surface area (Å²) >= 11 is 5.97. The Morgan fingerprint density at radius 1 is 1.15 bits per heavy atom. The van der Waals surface area contributed by atoms with E-state index in [-0.39, 0.29) is 0 Å². The Bertz CT molecular complexity index is 724. The van der Waals surface area contributed by atoms with Crippen molar-refractivity contribution < 1.29 is 4.74 Å². The number of ether oxygens (including phenoxy) is 1. The number of aryl methyl sites for hydroxylation is 2. The molecule has 0 saturated heterocycles. The molecular weight excluding hydrogens is 276 g/mol. The van der Waals surface area contributed by atoms with Gasteiger partial charge in [-0.2, -0.15) is 0 Å². The second-order valence-electron chi connectivity index (χ2n) is 4.38. The number of aromatic nitrogens is 4. The third kappa shape index (κ3) is 2.44. The van der Waals surface area contributed by atoms with Crippen LogP contribution in [0.5, 0.6) is 5.75 Å². The van der Waals surface area contributed by atoms with Crippen LogP contribution in [0.3, 0.4) is 0 Å². The number of hydrogen-bond donors (Lipinski definition) is 0. The van der Waals surface area contributed by atoms with Crippen LogP contribution in [0.25, 0.3) is 5.65 Å². The summed E-state index contributed by atoms with van der Waals surface area (Å²) in [5.74, 6) is 1.74.